The smallest absolute Gasteiger partial charge is 0.0868 e. The van der Waals surface area contributed by atoms with Crippen molar-refractivity contribution in [2.24, 2.45) is 5.41 Å². The monoisotopic (exact) mass is 155 g/mol. The number of quaternary nitrogens is 1. The molecule has 2 heteroatoms. The Bertz CT molecular complexity index is 130. The van der Waals surface area contributed by atoms with Crippen molar-refractivity contribution in [2.45, 2.75) is 19.8 Å². The number of hydrogen-bond acceptors (Lipinski definition) is 1. The topological polar surface area (TPSA) is 19.9 Å². The van der Waals surface area contributed by atoms with Gasteiger partial charge in [-0.2, -0.15) is 0 Å². The summed E-state index contributed by atoms with van der Waals surface area (Å²) in [4.78, 5) is 2.57. The number of piperidine rings is 1. The van der Waals surface area contributed by atoms with E-state index in [4.69, 9.17) is 0 Å². The maximum absolute atomic E-state index is 2.57. The largest absolute Gasteiger partial charge is 0.345 e. The Labute approximate surface area is 69.0 Å². The molecule has 2 fully saturated rings. The molecule has 0 radical (unpaired) electrons. The lowest BCUT2D eigenvalue weighted by atomic mass is 9.73. The first-order valence-electron chi connectivity index (χ1n) is 4.89. The van der Waals surface area contributed by atoms with E-state index in [-0.39, 0.29) is 0 Å². The minimum atomic E-state index is 0.783. The summed E-state index contributed by atoms with van der Waals surface area (Å²) in [6, 6.07) is 0. The zero-order valence-electron chi connectivity index (χ0n) is 7.47. The summed E-state index contributed by atoms with van der Waals surface area (Å²) in [7, 11) is 0. The standard InChI is InChI=1S/C9H18N2/c1-2-11-5-3-9(4-6-11)7-10-8-9/h10H,2-8H2,1H3/p+1. The zero-order chi connectivity index (χ0) is 7.73. The predicted molar refractivity (Wildman–Crippen MR) is 45.4 cm³/mol. The molecule has 2 rings (SSSR count). The second kappa shape index (κ2) is 2.76. The summed E-state index contributed by atoms with van der Waals surface area (Å²) in [5, 5.41) is 2.45. The minimum Gasteiger partial charge on any atom is -0.345 e. The molecule has 0 aromatic heterocycles. The highest BCUT2D eigenvalue weighted by atomic mass is 15.1. The van der Waals surface area contributed by atoms with E-state index < -0.39 is 0 Å². The van der Waals surface area contributed by atoms with Crippen LogP contribution in [0.4, 0.5) is 0 Å². The first-order valence-corrected chi connectivity index (χ1v) is 4.89. The molecule has 11 heavy (non-hydrogen) atoms. The molecule has 0 unspecified atom stereocenters. The summed E-state index contributed by atoms with van der Waals surface area (Å²) in [6.07, 6.45) is 2.91. The lowest BCUT2D eigenvalue weighted by Gasteiger charge is -2.44. The molecule has 0 aromatic carbocycles. The number of rotatable bonds is 1. The first-order chi connectivity index (χ1) is 5.35. The van der Waals surface area contributed by atoms with E-state index in [1.807, 2.05) is 0 Å². The third-order valence-electron chi connectivity index (χ3n) is 3.52. The van der Waals surface area contributed by atoms with Crippen LogP contribution in [0.25, 0.3) is 0 Å². The normalized spacial score (nSPS) is 30.3. The third-order valence-corrected chi connectivity index (χ3v) is 3.52. The van der Waals surface area contributed by atoms with Gasteiger partial charge in [-0.25, -0.2) is 0 Å². The van der Waals surface area contributed by atoms with Crippen LogP contribution < -0.4 is 5.32 Å². The zero-order valence-corrected chi connectivity index (χ0v) is 7.47. The van der Waals surface area contributed by atoms with Crippen LogP contribution in [-0.4, -0.2) is 37.6 Å². The van der Waals surface area contributed by atoms with Gasteiger partial charge in [0.05, 0.1) is 18.5 Å². The molecule has 0 aliphatic carbocycles. The van der Waals surface area contributed by atoms with Crippen LogP contribution in [0.5, 0.6) is 0 Å². The summed E-state index contributed by atoms with van der Waals surface area (Å²) in [5.74, 6) is 0. The molecule has 0 bridgehead atoms. The van der Waals surface area contributed by atoms with Gasteiger partial charge in [-0.05, 0) is 32.5 Å². The molecule has 64 valence electrons. The average molecular weight is 155 g/mol. The lowest BCUT2D eigenvalue weighted by molar-refractivity contribution is -0.743. The van der Waals surface area contributed by atoms with Crippen LogP contribution in [-0.2, 0) is 0 Å². The summed E-state index contributed by atoms with van der Waals surface area (Å²) < 4.78 is 0. The van der Waals surface area contributed by atoms with Gasteiger partial charge in [0.2, 0.25) is 0 Å². The van der Waals surface area contributed by atoms with Gasteiger partial charge in [-0.1, -0.05) is 6.92 Å². The Morgan fingerprint density at radius 2 is 1.91 bits per heavy atom. The second-order valence-electron chi connectivity index (χ2n) is 4.13. The van der Waals surface area contributed by atoms with Gasteiger partial charge in [0.15, 0.2) is 0 Å². The highest BCUT2D eigenvalue weighted by molar-refractivity contribution is 4.87. The Kier molecular flexibility index (Phi) is 1.90. The Balaban J connectivity index is 1.84. The molecule has 2 aliphatic rings. The van der Waals surface area contributed by atoms with E-state index in [0.717, 1.165) is 5.41 Å². The van der Waals surface area contributed by atoms with E-state index in [1.54, 1.807) is 0 Å². The van der Waals surface area contributed by atoms with Crippen LogP contribution in [0, 0.1) is 5.41 Å². The molecule has 0 saturated carbocycles. The van der Waals surface area contributed by atoms with E-state index >= 15 is 0 Å². The average Bonchev–Trinajstić information content (AvgIpc) is 2.02. The minimum absolute atomic E-state index is 0.783. The molecule has 2 saturated heterocycles. The van der Waals surface area contributed by atoms with Crippen molar-refractivity contribution >= 4 is 0 Å². The Hall–Kier alpha value is -0.0800. The summed E-state index contributed by atoms with van der Waals surface area (Å²) in [5.41, 5.74) is 0.783. The van der Waals surface area contributed by atoms with Crippen LogP contribution in [0.3, 0.4) is 0 Å². The lowest BCUT2D eigenvalue weighted by Crippen LogP contribution is -3.00. The summed E-state index contributed by atoms with van der Waals surface area (Å²) >= 11 is 0. The molecule has 0 amide bonds. The fourth-order valence-electron chi connectivity index (χ4n) is 2.30. The molecule has 1 spiro atoms. The van der Waals surface area contributed by atoms with Gasteiger partial charge >= 0.3 is 0 Å². The van der Waals surface area contributed by atoms with E-state index in [9.17, 15) is 0 Å². The van der Waals surface area contributed by atoms with Crippen LogP contribution in [0.2, 0.25) is 0 Å². The van der Waals surface area contributed by atoms with Crippen molar-refractivity contribution in [1.82, 2.24) is 4.90 Å². The fourth-order valence-corrected chi connectivity index (χ4v) is 2.30. The van der Waals surface area contributed by atoms with Gasteiger partial charge < -0.3 is 10.2 Å². The molecule has 2 heterocycles. The van der Waals surface area contributed by atoms with Crippen molar-refractivity contribution in [2.75, 3.05) is 32.7 Å². The van der Waals surface area contributed by atoms with E-state index in [0.29, 0.717) is 0 Å². The van der Waals surface area contributed by atoms with Crippen molar-refractivity contribution in [1.29, 1.82) is 0 Å². The predicted octanol–water partition coefficient (Wildman–Crippen LogP) is -0.334. The SMILES string of the molecule is CCN1CCC2(CC1)C[NH2+]C2. The van der Waals surface area contributed by atoms with Crippen LogP contribution in [0.15, 0.2) is 0 Å². The van der Waals surface area contributed by atoms with E-state index in [2.05, 4.69) is 17.1 Å². The van der Waals surface area contributed by atoms with Crippen molar-refractivity contribution in [3.05, 3.63) is 0 Å². The maximum atomic E-state index is 2.57. The Morgan fingerprint density at radius 1 is 1.27 bits per heavy atom. The van der Waals surface area contributed by atoms with Gasteiger partial charge in [0, 0.05) is 0 Å². The molecule has 2 nitrogen and oxygen atoms in total. The van der Waals surface area contributed by atoms with E-state index in [1.165, 1.54) is 45.6 Å². The van der Waals surface area contributed by atoms with Gasteiger partial charge in [-0.3, -0.25) is 0 Å². The van der Waals surface area contributed by atoms with Gasteiger partial charge in [-0.15, -0.1) is 0 Å². The first kappa shape index (κ1) is 7.56. The third kappa shape index (κ3) is 1.30. The summed E-state index contributed by atoms with van der Waals surface area (Å²) in [6.45, 7) is 9.04. The highest BCUT2D eigenvalue weighted by Crippen LogP contribution is 2.31. The molecule has 2 aliphatic heterocycles. The second-order valence-corrected chi connectivity index (χ2v) is 4.13. The fraction of sp³-hybridized carbons (Fsp3) is 1.00. The number of hydrogen-bond donors (Lipinski definition) is 1. The molecule has 0 aromatic rings. The number of nitrogens with two attached hydrogens (primary N) is 1. The van der Waals surface area contributed by atoms with Gasteiger partial charge in [0.1, 0.15) is 0 Å². The molecule has 0 atom stereocenters. The number of nitrogens with zero attached hydrogens (tertiary/aromatic N) is 1. The van der Waals surface area contributed by atoms with Crippen LogP contribution >= 0.6 is 0 Å². The van der Waals surface area contributed by atoms with Crippen LogP contribution in [0.1, 0.15) is 19.8 Å². The van der Waals surface area contributed by atoms with Gasteiger partial charge in [0.25, 0.3) is 0 Å². The Morgan fingerprint density at radius 3 is 2.27 bits per heavy atom. The number of likely N-dealkylation sites (tertiary alicyclic amines) is 1. The quantitative estimate of drug-likeness (QED) is 0.549. The highest BCUT2D eigenvalue weighted by Gasteiger charge is 2.43. The molecule has 2 N–H and O–H groups in total. The maximum Gasteiger partial charge on any atom is 0.0868 e. The molecular formula is C9H19N2+. The van der Waals surface area contributed by atoms with Crippen molar-refractivity contribution in [3.63, 3.8) is 0 Å². The van der Waals surface area contributed by atoms with Crippen molar-refractivity contribution in [3.8, 4) is 0 Å². The van der Waals surface area contributed by atoms with Crippen molar-refractivity contribution < 1.29 is 5.32 Å². The molecular weight excluding hydrogens is 136 g/mol.